The molecule has 0 radical (unpaired) electrons. The molecular formula is C16H27ClN2O2. The van der Waals surface area contributed by atoms with Gasteiger partial charge in [-0.25, -0.2) is 4.79 Å². The molecule has 0 aliphatic carbocycles. The minimum atomic E-state index is -0.337. The smallest absolute Gasteiger partial charge is 0.407 e. The van der Waals surface area contributed by atoms with E-state index in [4.69, 9.17) is 4.74 Å². The monoisotopic (exact) mass is 314 g/mol. The summed E-state index contributed by atoms with van der Waals surface area (Å²) in [6.07, 6.45) is -0.337. The van der Waals surface area contributed by atoms with Crippen molar-refractivity contribution in [2.75, 3.05) is 26.2 Å². The number of carbonyl (C=O) groups is 1. The van der Waals surface area contributed by atoms with E-state index in [0.29, 0.717) is 13.2 Å². The Kier molecular flexibility index (Phi) is 9.84. The Bertz CT molecular complexity index is 434. The maximum Gasteiger partial charge on any atom is 0.407 e. The summed E-state index contributed by atoms with van der Waals surface area (Å²) in [5.41, 5.74) is 3.43. The summed E-state index contributed by atoms with van der Waals surface area (Å²) in [7, 11) is 0. The van der Waals surface area contributed by atoms with E-state index in [2.05, 4.69) is 32.2 Å². The van der Waals surface area contributed by atoms with Gasteiger partial charge in [-0.05, 0) is 38.8 Å². The third kappa shape index (κ3) is 7.34. The van der Waals surface area contributed by atoms with E-state index in [1.54, 1.807) is 0 Å². The number of rotatable bonds is 7. The van der Waals surface area contributed by atoms with Crippen LogP contribution in [0.2, 0.25) is 0 Å². The van der Waals surface area contributed by atoms with E-state index in [-0.39, 0.29) is 18.5 Å². The molecule has 0 unspecified atom stereocenters. The summed E-state index contributed by atoms with van der Waals surface area (Å²) >= 11 is 0. The average molecular weight is 315 g/mol. The number of ether oxygens (including phenoxy) is 1. The Hall–Kier alpha value is -1.26. The minimum absolute atomic E-state index is 0. The fourth-order valence-electron chi connectivity index (χ4n) is 2.15. The van der Waals surface area contributed by atoms with Crippen LogP contribution in [0, 0.1) is 13.8 Å². The van der Waals surface area contributed by atoms with Gasteiger partial charge in [-0.15, -0.1) is 0 Å². The van der Waals surface area contributed by atoms with Crippen LogP contribution in [0.4, 0.5) is 4.79 Å². The molecule has 1 aromatic carbocycles. The fraction of sp³-hybridized carbons (Fsp3) is 0.562. The second kappa shape index (κ2) is 10.5. The molecule has 0 saturated heterocycles. The van der Waals surface area contributed by atoms with Crippen LogP contribution in [0.3, 0.4) is 0 Å². The number of benzene rings is 1. The SMILES string of the molecule is CC[NH+](CC)CCNC(=O)OCc1ccc(C)cc1C.[Cl-]. The molecule has 21 heavy (non-hydrogen) atoms. The van der Waals surface area contributed by atoms with E-state index in [0.717, 1.165) is 30.8 Å². The molecule has 0 aliphatic rings. The van der Waals surface area contributed by atoms with Crippen molar-refractivity contribution in [2.45, 2.75) is 34.3 Å². The van der Waals surface area contributed by atoms with Gasteiger partial charge in [0.05, 0.1) is 26.2 Å². The number of hydrogen-bond acceptors (Lipinski definition) is 2. The van der Waals surface area contributed by atoms with Gasteiger partial charge in [0.1, 0.15) is 6.61 Å². The Labute approximate surface area is 134 Å². The first kappa shape index (κ1) is 19.7. The molecule has 120 valence electrons. The highest BCUT2D eigenvalue weighted by atomic mass is 35.5. The topological polar surface area (TPSA) is 42.8 Å². The Morgan fingerprint density at radius 2 is 1.90 bits per heavy atom. The van der Waals surface area contributed by atoms with Gasteiger partial charge in [0.25, 0.3) is 0 Å². The van der Waals surface area contributed by atoms with Crippen molar-refractivity contribution in [3.8, 4) is 0 Å². The number of nitrogens with one attached hydrogen (secondary N) is 2. The van der Waals surface area contributed by atoms with Gasteiger partial charge < -0.3 is 27.4 Å². The molecule has 1 rings (SSSR count). The van der Waals surface area contributed by atoms with Crippen LogP contribution in [-0.2, 0) is 11.3 Å². The van der Waals surface area contributed by atoms with Crippen LogP contribution in [0.5, 0.6) is 0 Å². The lowest BCUT2D eigenvalue weighted by Crippen LogP contribution is -3.12. The maximum atomic E-state index is 11.6. The summed E-state index contributed by atoms with van der Waals surface area (Å²) in [5, 5.41) is 2.80. The third-order valence-electron chi connectivity index (χ3n) is 3.60. The molecule has 0 aliphatic heterocycles. The van der Waals surface area contributed by atoms with Crippen LogP contribution in [0.1, 0.15) is 30.5 Å². The van der Waals surface area contributed by atoms with Crippen LogP contribution in [-0.4, -0.2) is 32.3 Å². The first-order chi connectivity index (χ1) is 9.56. The summed E-state index contributed by atoms with van der Waals surface area (Å²) in [4.78, 5) is 13.1. The number of amides is 1. The van der Waals surface area contributed by atoms with E-state index in [1.807, 2.05) is 19.1 Å². The molecule has 0 aromatic heterocycles. The number of aryl methyl sites for hydroxylation is 2. The summed E-state index contributed by atoms with van der Waals surface area (Å²) < 4.78 is 5.24. The predicted molar refractivity (Wildman–Crippen MR) is 81.0 cm³/mol. The Balaban J connectivity index is 0.00000400. The quantitative estimate of drug-likeness (QED) is 0.640. The van der Waals surface area contributed by atoms with Crippen molar-refractivity contribution < 1.29 is 26.8 Å². The first-order valence-corrected chi connectivity index (χ1v) is 7.37. The number of hydrogen-bond donors (Lipinski definition) is 2. The predicted octanol–water partition coefficient (Wildman–Crippen LogP) is -1.54. The molecule has 0 fully saturated rings. The second-order valence-corrected chi connectivity index (χ2v) is 5.14. The molecule has 1 aromatic rings. The Morgan fingerprint density at radius 1 is 1.24 bits per heavy atom. The molecule has 4 nitrogen and oxygen atoms in total. The highest BCUT2D eigenvalue weighted by molar-refractivity contribution is 5.67. The number of carbonyl (C=O) groups excluding carboxylic acids is 1. The summed E-state index contributed by atoms with van der Waals surface area (Å²) in [5.74, 6) is 0. The van der Waals surface area contributed by atoms with Crippen LogP contribution in [0.15, 0.2) is 18.2 Å². The number of quaternary nitrogens is 1. The number of alkyl carbamates (subject to hydrolysis) is 1. The zero-order valence-electron chi connectivity index (χ0n) is 13.5. The van der Waals surface area contributed by atoms with Crippen molar-refractivity contribution in [3.63, 3.8) is 0 Å². The number of halogens is 1. The lowest BCUT2D eigenvalue weighted by molar-refractivity contribution is -0.895. The van der Waals surface area contributed by atoms with Gasteiger partial charge in [-0.1, -0.05) is 23.8 Å². The molecule has 0 heterocycles. The van der Waals surface area contributed by atoms with Gasteiger partial charge in [0, 0.05) is 0 Å². The van der Waals surface area contributed by atoms with E-state index >= 15 is 0 Å². The zero-order chi connectivity index (χ0) is 15.0. The molecular weight excluding hydrogens is 288 g/mol. The lowest BCUT2D eigenvalue weighted by atomic mass is 10.1. The highest BCUT2D eigenvalue weighted by Crippen LogP contribution is 2.11. The summed E-state index contributed by atoms with van der Waals surface area (Å²) in [6.45, 7) is 12.5. The minimum Gasteiger partial charge on any atom is -1.00 e. The van der Waals surface area contributed by atoms with E-state index in [1.165, 1.54) is 10.5 Å². The average Bonchev–Trinajstić information content (AvgIpc) is 2.42. The van der Waals surface area contributed by atoms with Gasteiger partial charge >= 0.3 is 6.09 Å². The standard InChI is InChI=1S/C16H26N2O2.ClH/c1-5-18(6-2)10-9-17-16(19)20-12-15-8-7-13(3)11-14(15)4;/h7-8,11H,5-6,9-10,12H2,1-4H3,(H,17,19);1H. The molecule has 5 heteroatoms. The zero-order valence-corrected chi connectivity index (χ0v) is 14.2. The second-order valence-electron chi connectivity index (χ2n) is 5.14. The molecule has 0 saturated carbocycles. The third-order valence-corrected chi connectivity index (χ3v) is 3.60. The fourth-order valence-corrected chi connectivity index (χ4v) is 2.15. The van der Waals surface area contributed by atoms with Crippen molar-refractivity contribution in [3.05, 3.63) is 34.9 Å². The van der Waals surface area contributed by atoms with E-state index in [9.17, 15) is 4.79 Å². The normalized spacial score (nSPS) is 10.1. The van der Waals surface area contributed by atoms with Crippen LogP contribution >= 0.6 is 0 Å². The lowest BCUT2D eigenvalue weighted by Gasteiger charge is -2.15. The highest BCUT2D eigenvalue weighted by Gasteiger charge is 2.06. The van der Waals surface area contributed by atoms with Crippen molar-refractivity contribution in [1.29, 1.82) is 0 Å². The van der Waals surface area contributed by atoms with Gasteiger partial charge in [0.15, 0.2) is 0 Å². The van der Waals surface area contributed by atoms with Crippen LogP contribution < -0.4 is 22.6 Å². The van der Waals surface area contributed by atoms with Gasteiger partial charge in [-0.3, -0.25) is 0 Å². The summed E-state index contributed by atoms with van der Waals surface area (Å²) in [6, 6.07) is 6.14. The van der Waals surface area contributed by atoms with Crippen molar-refractivity contribution >= 4 is 6.09 Å². The largest absolute Gasteiger partial charge is 1.00 e. The molecule has 0 bridgehead atoms. The maximum absolute atomic E-state index is 11.6. The van der Waals surface area contributed by atoms with E-state index < -0.39 is 0 Å². The van der Waals surface area contributed by atoms with Crippen LogP contribution in [0.25, 0.3) is 0 Å². The molecule has 0 atom stereocenters. The molecule has 1 amide bonds. The van der Waals surface area contributed by atoms with Gasteiger partial charge in [0.2, 0.25) is 0 Å². The number of likely N-dealkylation sites (N-methyl/N-ethyl adjacent to an activating group) is 1. The van der Waals surface area contributed by atoms with Crippen molar-refractivity contribution in [1.82, 2.24) is 5.32 Å². The van der Waals surface area contributed by atoms with Crippen molar-refractivity contribution in [2.24, 2.45) is 0 Å². The first-order valence-electron chi connectivity index (χ1n) is 7.37. The Morgan fingerprint density at radius 3 is 2.48 bits per heavy atom. The molecule has 2 N–H and O–H groups in total. The molecule has 0 spiro atoms. The van der Waals surface area contributed by atoms with Gasteiger partial charge in [-0.2, -0.15) is 0 Å².